The van der Waals surface area contributed by atoms with E-state index < -0.39 is 5.60 Å². The molecule has 32 heavy (non-hydrogen) atoms. The van der Waals surface area contributed by atoms with Gasteiger partial charge in [0.25, 0.3) is 0 Å². The van der Waals surface area contributed by atoms with Gasteiger partial charge in [0.15, 0.2) is 0 Å². The lowest BCUT2D eigenvalue weighted by atomic mass is 9.99. The number of fused-ring (bicyclic) bond motifs is 2. The quantitative estimate of drug-likeness (QED) is 0.575. The van der Waals surface area contributed by atoms with Gasteiger partial charge in [0.05, 0.1) is 12.7 Å². The van der Waals surface area contributed by atoms with E-state index in [1.54, 1.807) is 0 Å². The number of ether oxygens (including phenoxy) is 2. The molecule has 3 aliphatic rings. The third-order valence-corrected chi connectivity index (χ3v) is 6.92. The van der Waals surface area contributed by atoms with E-state index in [1.807, 2.05) is 37.8 Å². The van der Waals surface area contributed by atoms with Crippen LogP contribution in [0, 0.1) is 6.92 Å². The van der Waals surface area contributed by atoms with Gasteiger partial charge in [-0.05, 0) is 71.8 Å². The number of nitrogens with zero attached hydrogens (tertiary/aromatic N) is 2. The van der Waals surface area contributed by atoms with Gasteiger partial charge >= 0.3 is 6.09 Å². The van der Waals surface area contributed by atoms with Gasteiger partial charge < -0.3 is 18.9 Å². The van der Waals surface area contributed by atoms with Crippen LogP contribution in [0.5, 0.6) is 0 Å². The molecular formula is C26H34N2O4. The molecule has 0 radical (unpaired) electrons. The van der Waals surface area contributed by atoms with Crippen LogP contribution in [0.1, 0.15) is 82.1 Å². The van der Waals surface area contributed by atoms with Gasteiger partial charge in [-0.2, -0.15) is 0 Å². The van der Waals surface area contributed by atoms with Crippen LogP contribution in [-0.4, -0.2) is 39.9 Å². The van der Waals surface area contributed by atoms with Crippen molar-refractivity contribution in [2.45, 2.75) is 103 Å². The van der Waals surface area contributed by atoms with Gasteiger partial charge in [-0.15, -0.1) is 0 Å². The second kappa shape index (κ2) is 8.22. The molecule has 1 aromatic heterocycles. The minimum atomic E-state index is -0.469. The van der Waals surface area contributed by atoms with E-state index in [-0.39, 0.29) is 24.3 Å². The van der Waals surface area contributed by atoms with Gasteiger partial charge in [0.1, 0.15) is 17.1 Å². The molecule has 0 spiro atoms. The number of carbonyl (C=O) groups excluding carboxylic acids is 1. The molecule has 2 saturated heterocycles. The first-order chi connectivity index (χ1) is 15.3. The number of carbonyl (C=O) groups is 1. The number of aromatic nitrogens is 1. The highest BCUT2D eigenvalue weighted by Gasteiger charge is 2.45. The highest BCUT2D eigenvalue weighted by atomic mass is 16.6. The van der Waals surface area contributed by atoms with Gasteiger partial charge in [0.2, 0.25) is 0 Å². The molecule has 3 atom stereocenters. The molecule has 6 nitrogen and oxygen atoms in total. The molecule has 2 unspecified atom stereocenters. The highest BCUT2D eigenvalue weighted by Crippen LogP contribution is 2.45. The molecule has 3 heterocycles. The second-order valence-corrected chi connectivity index (χ2v) is 10.6. The summed E-state index contributed by atoms with van der Waals surface area (Å²) >= 11 is 0. The minimum absolute atomic E-state index is 0.137. The molecular weight excluding hydrogens is 404 g/mol. The predicted octanol–water partition coefficient (Wildman–Crippen LogP) is 5.97. The first kappa shape index (κ1) is 21.5. The Morgan fingerprint density at radius 3 is 2.44 bits per heavy atom. The van der Waals surface area contributed by atoms with Crippen molar-refractivity contribution in [1.29, 1.82) is 0 Å². The summed E-state index contributed by atoms with van der Waals surface area (Å²) < 4.78 is 18.0. The van der Waals surface area contributed by atoms with Gasteiger partial charge in [-0.1, -0.05) is 29.4 Å². The smallest absolute Gasteiger partial charge is 0.410 e. The minimum Gasteiger partial charge on any atom is -0.444 e. The monoisotopic (exact) mass is 438 g/mol. The van der Waals surface area contributed by atoms with Gasteiger partial charge in [0, 0.05) is 29.1 Å². The maximum Gasteiger partial charge on any atom is 0.410 e. The summed E-state index contributed by atoms with van der Waals surface area (Å²) in [6.07, 6.45) is 6.05. The van der Waals surface area contributed by atoms with Crippen molar-refractivity contribution in [2.75, 3.05) is 0 Å². The van der Waals surface area contributed by atoms with Gasteiger partial charge in [-0.3, -0.25) is 0 Å². The standard InChI is InChI=1S/C26H34N2O4/c1-16-7-5-6-8-21(16)23-22(24(32-27-23)17-9-10-17)15-30-20-13-18-11-12-19(14-20)28(18)25(29)31-26(2,3)4/h5-8,17-20H,9-15H2,1-4H3/t18-,19?,20?/m0/s1. The van der Waals surface area contributed by atoms with Crippen molar-refractivity contribution < 1.29 is 18.8 Å². The number of amides is 1. The van der Waals surface area contributed by atoms with Crippen LogP contribution in [0.2, 0.25) is 0 Å². The molecule has 2 bridgehead atoms. The number of hydrogen-bond donors (Lipinski definition) is 0. The fraction of sp³-hybridized carbons (Fsp3) is 0.615. The largest absolute Gasteiger partial charge is 0.444 e. The first-order valence-corrected chi connectivity index (χ1v) is 12.0. The van der Waals surface area contributed by atoms with Crippen molar-refractivity contribution in [2.24, 2.45) is 0 Å². The zero-order chi connectivity index (χ0) is 22.5. The Kier molecular flexibility index (Phi) is 5.52. The maximum absolute atomic E-state index is 12.7. The Bertz CT molecular complexity index is 974. The average Bonchev–Trinajstić information content (AvgIpc) is 3.42. The molecule has 2 aliphatic heterocycles. The third kappa shape index (κ3) is 4.29. The lowest BCUT2D eigenvalue weighted by Crippen LogP contribution is -2.50. The zero-order valence-electron chi connectivity index (χ0n) is 19.6. The van der Waals surface area contributed by atoms with Crippen molar-refractivity contribution in [3.8, 4) is 11.3 Å². The molecule has 3 fully saturated rings. The Morgan fingerprint density at radius 2 is 1.81 bits per heavy atom. The Hall–Kier alpha value is -2.34. The maximum atomic E-state index is 12.7. The van der Waals surface area contributed by atoms with E-state index >= 15 is 0 Å². The number of piperidine rings is 1. The summed E-state index contributed by atoms with van der Waals surface area (Å²) in [4.78, 5) is 14.7. The summed E-state index contributed by atoms with van der Waals surface area (Å²) in [5.74, 6) is 1.47. The third-order valence-electron chi connectivity index (χ3n) is 6.92. The SMILES string of the molecule is Cc1ccccc1-c1noc(C2CC2)c1COC1CC2CC[C@@H](C1)N2C(=O)OC(C)(C)C. The van der Waals surface area contributed by atoms with E-state index in [4.69, 9.17) is 14.0 Å². The normalized spacial score (nSPS) is 25.2. The molecule has 2 aromatic rings. The van der Waals surface area contributed by atoms with Crippen molar-refractivity contribution in [1.82, 2.24) is 10.1 Å². The number of rotatable bonds is 5. The highest BCUT2D eigenvalue weighted by molar-refractivity contribution is 5.70. The van der Waals surface area contributed by atoms with Crippen LogP contribution in [-0.2, 0) is 16.1 Å². The van der Waals surface area contributed by atoms with Crippen LogP contribution in [0.15, 0.2) is 28.8 Å². The summed E-state index contributed by atoms with van der Waals surface area (Å²) in [5.41, 5.74) is 3.85. The van der Waals surface area contributed by atoms with E-state index in [9.17, 15) is 4.79 Å². The molecule has 0 N–H and O–H groups in total. The zero-order valence-corrected chi connectivity index (χ0v) is 19.6. The van der Waals surface area contributed by atoms with E-state index in [2.05, 4.69) is 24.2 Å². The van der Waals surface area contributed by atoms with Crippen LogP contribution in [0.3, 0.4) is 0 Å². The average molecular weight is 439 g/mol. The Balaban J connectivity index is 1.29. The molecule has 6 heteroatoms. The van der Waals surface area contributed by atoms with E-state index in [1.165, 1.54) is 5.56 Å². The van der Waals surface area contributed by atoms with E-state index in [0.29, 0.717) is 12.5 Å². The summed E-state index contributed by atoms with van der Waals surface area (Å²) in [5, 5.41) is 4.46. The van der Waals surface area contributed by atoms with Crippen LogP contribution in [0.25, 0.3) is 11.3 Å². The molecule has 1 saturated carbocycles. The fourth-order valence-corrected chi connectivity index (χ4v) is 5.26. The van der Waals surface area contributed by atoms with Crippen LogP contribution >= 0.6 is 0 Å². The van der Waals surface area contributed by atoms with Gasteiger partial charge in [-0.25, -0.2) is 4.79 Å². The van der Waals surface area contributed by atoms with E-state index in [0.717, 1.165) is 61.1 Å². The number of aryl methyl sites for hydroxylation is 1. The first-order valence-electron chi connectivity index (χ1n) is 12.0. The topological polar surface area (TPSA) is 64.8 Å². The lowest BCUT2D eigenvalue weighted by Gasteiger charge is -2.39. The molecule has 1 aromatic carbocycles. The Labute approximate surface area is 190 Å². The Morgan fingerprint density at radius 1 is 1.12 bits per heavy atom. The molecule has 5 rings (SSSR count). The second-order valence-electron chi connectivity index (χ2n) is 10.6. The summed E-state index contributed by atoms with van der Waals surface area (Å²) in [6.45, 7) is 8.38. The number of benzene rings is 1. The summed E-state index contributed by atoms with van der Waals surface area (Å²) in [7, 11) is 0. The molecule has 172 valence electrons. The molecule has 1 amide bonds. The fourth-order valence-electron chi connectivity index (χ4n) is 5.26. The van der Waals surface area contributed by atoms with Crippen LogP contribution < -0.4 is 0 Å². The molecule has 1 aliphatic carbocycles. The van der Waals surface area contributed by atoms with Crippen molar-refractivity contribution in [3.05, 3.63) is 41.2 Å². The van der Waals surface area contributed by atoms with Crippen LogP contribution in [0.4, 0.5) is 4.79 Å². The van der Waals surface area contributed by atoms with Crippen molar-refractivity contribution >= 4 is 6.09 Å². The lowest BCUT2D eigenvalue weighted by molar-refractivity contribution is -0.0398. The number of hydrogen-bond acceptors (Lipinski definition) is 5. The predicted molar refractivity (Wildman–Crippen MR) is 121 cm³/mol. The summed E-state index contributed by atoms with van der Waals surface area (Å²) in [6, 6.07) is 8.71. The van der Waals surface area contributed by atoms with Crippen molar-refractivity contribution in [3.63, 3.8) is 0 Å².